The van der Waals surface area contributed by atoms with Crippen LogP contribution in [0.15, 0.2) is 0 Å². The van der Waals surface area contributed by atoms with E-state index in [-0.39, 0.29) is 5.54 Å². The molecule has 2 bridgehead atoms. The second-order valence-corrected chi connectivity index (χ2v) is 6.99. The van der Waals surface area contributed by atoms with Crippen molar-refractivity contribution in [2.45, 2.75) is 51.0 Å². The van der Waals surface area contributed by atoms with E-state index >= 15 is 0 Å². The van der Waals surface area contributed by atoms with E-state index in [0.29, 0.717) is 0 Å². The summed E-state index contributed by atoms with van der Waals surface area (Å²) in [7, 11) is 4.12. The Bertz CT molecular complexity index is 335. The van der Waals surface area contributed by atoms with E-state index in [1.807, 2.05) is 14.0 Å². The van der Waals surface area contributed by atoms with Gasteiger partial charge in [0, 0.05) is 6.54 Å². The molecule has 2 aliphatic rings. The van der Waals surface area contributed by atoms with Gasteiger partial charge in [-0.25, -0.2) is 0 Å². The van der Waals surface area contributed by atoms with Crippen molar-refractivity contribution in [2.24, 2.45) is 17.8 Å². The first-order valence-corrected chi connectivity index (χ1v) is 7.85. The quantitative estimate of drug-likeness (QED) is 0.767. The monoisotopic (exact) mass is 263 g/mol. The summed E-state index contributed by atoms with van der Waals surface area (Å²) in [6.45, 7) is 4.37. The molecule has 0 aliphatic heterocycles. The van der Waals surface area contributed by atoms with E-state index in [1.165, 1.54) is 32.2 Å². The van der Waals surface area contributed by atoms with Gasteiger partial charge in [0.1, 0.15) is 5.54 Å². The van der Waals surface area contributed by atoms with E-state index in [4.69, 9.17) is 5.26 Å². The van der Waals surface area contributed by atoms with Crippen LogP contribution in [0.5, 0.6) is 0 Å². The Balaban J connectivity index is 1.65. The van der Waals surface area contributed by atoms with Crippen LogP contribution in [0.3, 0.4) is 0 Å². The van der Waals surface area contributed by atoms with Crippen molar-refractivity contribution in [3.63, 3.8) is 0 Å². The van der Waals surface area contributed by atoms with Crippen LogP contribution in [0.25, 0.3) is 0 Å². The lowest BCUT2D eigenvalue weighted by Gasteiger charge is -2.28. The molecule has 4 unspecified atom stereocenters. The van der Waals surface area contributed by atoms with Crippen LogP contribution < -0.4 is 5.32 Å². The van der Waals surface area contributed by atoms with Gasteiger partial charge >= 0.3 is 0 Å². The first-order chi connectivity index (χ1) is 9.06. The summed E-state index contributed by atoms with van der Waals surface area (Å²) in [5, 5.41) is 12.2. The second kappa shape index (κ2) is 6.24. The molecule has 1 N–H and O–H groups in total. The van der Waals surface area contributed by atoms with Gasteiger partial charge in [0.25, 0.3) is 0 Å². The van der Waals surface area contributed by atoms with E-state index in [9.17, 15) is 0 Å². The van der Waals surface area contributed by atoms with Gasteiger partial charge in [-0.05, 0) is 77.4 Å². The van der Waals surface area contributed by atoms with Crippen LogP contribution in [0.2, 0.25) is 0 Å². The minimum absolute atomic E-state index is 0.354. The van der Waals surface area contributed by atoms with Gasteiger partial charge in [-0.2, -0.15) is 5.26 Å². The fourth-order valence-corrected chi connectivity index (χ4v) is 4.03. The highest BCUT2D eigenvalue weighted by molar-refractivity contribution is 5.02. The second-order valence-electron chi connectivity index (χ2n) is 6.99. The number of nitrogens with one attached hydrogen (secondary N) is 1. The number of nitriles is 1. The van der Waals surface area contributed by atoms with Crippen molar-refractivity contribution >= 4 is 0 Å². The molecule has 0 heterocycles. The Labute approximate surface area is 118 Å². The van der Waals surface area contributed by atoms with Crippen molar-refractivity contribution in [3.8, 4) is 6.07 Å². The molecule has 0 aromatic rings. The zero-order valence-electron chi connectivity index (χ0n) is 12.8. The van der Waals surface area contributed by atoms with Gasteiger partial charge in [-0.3, -0.25) is 0 Å². The average molecular weight is 263 g/mol. The van der Waals surface area contributed by atoms with Gasteiger partial charge in [0.05, 0.1) is 6.07 Å². The van der Waals surface area contributed by atoms with Crippen molar-refractivity contribution in [3.05, 3.63) is 0 Å². The Kier molecular flexibility index (Phi) is 4.86. The van der Waals surface area contributed by atoms with Crippen LogP contribution in [0, 0.1) is 29.1 Å². The molecule has 3 heteroatoms. The molecule has 0 aromatic heterocycles. The summed E-state index contributed by atoms with van der Waals surface area (Å²) in [6, 6.07) is 2.37. The third-order valence-corrected chi connectivity index (χ3v) is 5.45. The zero-order chi connectivity index (χ0) is 13.9. The largest absolute Gasteiger partial charge is 0.306 e. The molecule has 0 saturated heterocycles. The molecule has 19 heavy (non-hydrogen) atoms. The first kappa shape index (κ1) is 14.8. The normalized spacial score (nSPS) is 32.5. The van der Waals surface area contributed by atoms with Gasteiger partial charge in [0.2, 0.25) is 0 Å². The molecule has 3 nitrogen and oxygen atoms in total. The minimum atomic E-state index is -0.354. The van der Waals surface area contributed by atoms with Crippen molar-refractivity contribution < 1.29 is 0 Å². The maximum atomic E-state index is 9.13. The molecule has 0 spiro atoms. The number of hydrogen-bond donors (Lipinski definition) is 1. The van der Waals surface area contributed by atoms with Crippen LogP contribution in [0.1, 0.15) is 45.4 Å². The molecular weight excluding hydrogens is 234 g/mol. The molecule has 4 atom stereocenters. The number of fused-ring (bicyclic) bond motifs is 2. The summed E-state index contributed by atoms with van der Waals surface area (Å²) in [4.78, 5) is 2.48. The molecule has 2 aliphatic carbocycles. The highest BCUT2D eigenvalue weighted by Gasteiger charge is 2.39. The lowest BCUT2D eigenvalue weighted by Crippen LogP contribution is -2.39. The Morgan fingerprint density at radius 2 is 2.16 bits per heavy atom. The van der Waals surface area contributed by atoms with E-state index in [2.05, 4.69) is 23.3 Å². The smallest absolute Gasteiger partial charge is 0.103 e. The Morgan fingerprint density at radius 3 is 2.68 bits per heavy atom. The molecular formula is C16H29N3. The average Bonchev–Trinajstić information content (AvgIpc) is 3.00. The summed E-state index contributed by atoms with van der Waals surface area (Å²) in [5.74, 6) is 3.03. The summed E-state index contributed by atoms with van der Waals surface area (Å²) < 4.78 is 0. The highest BCUT2D eigenvalue weighted by Crippen LogP contribution is 2.48. The molecule has 0 radical (unpaired) electrons. The van der Waals surface area contributed by atoms with Crippen LogP contribution in [-0.2, 0) is 0 Å². The predicted octanol–water partition coefficient (Wildman–Crippen LogP) is 2.64. The lowest BCUT2D eigenvalue weighted by molar-refractivity contribution is 0.213. The Hall–Kier alpha value is -0.590. The Morgan fingerprint density at radius 1 is 1.37 bits per heavy atom. The van der Waals surface area contributed by atoms with Crippen molar-refractivity contribution in [2.75, 3.05) is 27.2 Å². The number of rotatable bonds is 7. The zero-order valence-corrected chi connectivity index (χ0v) is 12.8. The van der Waals surface area contributed by atoms with E-state index in [1.54, 1.807) is 0 Å². The number of nitrogens with zero attached hydrogens (tertiary/aromatic N) is 2. The summed E-state index contributed by atoms with van der Waals surface area (Å²) in [5.41, 5.74) is -0.354. The summed E-state index contributed by atoms with van der Waals surface area (Å²) >= 11 is 0. The fourth-order valence-electron chi connectivity index (χ4n) is 4.03. The van der Waals surface area contributed by atoms with Crippen LogP contribution >= 0.6 is 0 Å². The molecule has 0 amide bonds. The molecule has 0 aromatic carbocycles. The third kappa shape index (κ3) is 3.70. The van der Waals surface area contributed by atoms with Gasteiger partial charge in [-0.1, -0.05) is 6.42 Å². The number of hydrogen-bond acceptors (Lipinski definition) is 3. The van der Waals surface area contributed by atoms with Gasteiger partial charge < -0.3 is 10.2 Å². The van der Waals surface area contributed by atoms with Gasteiger partial charge in [0.15, 0.2) is 0 Å². The maximum Gasteiger partial charge on any atom is 0.103 e. The van der Waals surface area contributed by atoms with Crippen molar-refractivity contribution in [1.82, 2.24) is 10.2 Å². The van der Waals surface area contributed by atoms with E-state index in [0.717, 1.165) is 37.1 Å². The molecule has 2 rings (SSSR count). The van der Waals surface area contributed by atoms with Crippen LogP contribution in [0.4, 0.5) is 0 Å². The first-order valence-electron chi connectivity index (χ1n) is 7.85. The SMILES string of the molecule is CNC(C)(C#N)CCCN(C)CC1CC2CCC1C2. The standard InChI is InChI=1S/C16H29N3/c1-16(12-17,18-2)7-4-8-19(3)11-15-10-13-5-6-14(15)9-13/h13-15,18H,4-11H2,1-3H3. The third-order valence-electron chi connectivity index (χ3n) is 5.45. The van der Waals surface area contributed by atoms with E-state index < -0.39 is 0 Å². The highest BCUT2D eigenvalue weighted by atomic mass is 15.1. The van der Waals surface area contributed by atoms with Gasteiger partial charge in [-0.15, -0.1) is 0 Å². The lowest BCUT2D eigenvalue weighted by atomic mass is 9.88. The summed E-state index contributed by atoms with van der Waals surface area (Å²) in [6.07, 6.45) is 7.98. The predicted molar refractivity (Wildman–Crippen MR) is 78.7 cm³/mol. The maximum absolute atomic E-state index is 9.13. The molecule has 108 valence electrons. The minimum Gasteiger partial charge on any atom is -0.306 e. The topological polar surface area (TPSA) is 39.1 Å². The molecule has 2 saturated carbocycles. The van der Waals surface area contributed by atoms with Crippen molar-refractivity contribution in [1.29, 1.82) is 5.26 Å². The van der Waals surface area contributed by atoms with Crippen LogP contribution in [-0.4, -0.2) is 37.6 Å². The fraction of sp³-hybridized carbons (Fsp3) is 0.938. The molecule has 2 fully saturated rings.